The molecule has 0 bridgehead atoms. The second-order valence-electron chi connectivity index (χ2n) is 7.77. The van der Waals surface area contributed by atoms with Crippen molar-refractivity contribution in [3.63, 3.8) is 0 Å². The Morgan fingerprint density at radius 1 is 1.27 bits per heavy atom. The number of hydrogen-bond acceptors (Lipinski definition) is 3. The van der Waals surface area contributed by atoms with E-state index >= 15 is 0 Å². The van der Waals surface area contributed by atoms with Crippen LogP contribution >= 0.6 is 0 Å². The number of aromatic nitrogens is 2. The summed E-state index contributed by atoms with van der Waals surface area (Å²) in [6, 6.07) is 5.71. The van der Waals surface area contributed by atoms with E-state index in [0.29, 0.717) is 5.56 Å². The Kier molecular flexibility index (Phi) is 4.79. The molecule has 5 nitrogen and oxygen atoms in total. The fraction of sp³-hybridized carbons (Fsp3) is 0.571. The topological polar surface area (TPSA) is 59.3 Å². The summed E-state index contributed by atoms with van der Waals surface area (Å²) in [4.78, 5) is 17.1. The molecule has 1 aromatic heterocycles. The molecule has 2 aliphatic rings. The lowest BCUT2D eigenvalue weighted by atomic mass is 9.70. The first-order valence-corrected chi connectivity index (χ1v) is 9.98. The van der Waals surface area contributed by atoms with Crippen molar-refractivity contribution in [3.8, 4) is 0 Å². The maximum Gasteiger partial charge on any atom is 0.271 e. The number of imidazole rings is 1. The summed E-state index contributed by atoms with van der Waals surface area (Å²) >= 11 is 0. The van der Waals surface area contributed by atoms with Gasteiger partial charge in [0, 0.05) is 17.8 Å². The molecular formula is C21H28N4O. The van der Waals surface area contributed by atoms with Crippen LogP contribution in [0.25, 0.3) is 11.0 Å². The van der Waals surface area contributed by atoms with Crippen molar-refractivity contribution in [1.82, 2.24) is 15.0 Å². The van der Waals surface area contributed by atoms with E-state index in [1.807, 2.05) is 25.1 Å². The first-order chi connectivity index (χ1) is 12.7. The van der Waals surface area contributed by atoms with Crippen LogP contribution in [0.3, 0.4) is 0 Å². The van der Waals surface area contributed by atoms with Crippen LogP contribution in [0, 0.1) is 18.8 Å². The summed E-state index contributed by atoms with van der Waals surface area (Å²) in [6.07, 6.45) is 8.77. The Morgan fingerprint density at radius 2 is 2.08 bits per heavy atom. The standard InChI is InChI=1S/C21H28N4O/c1-3-25-14(2)22-19-13-17(9-11-20(19)25)21(26)24-23-18-10-8-15-6-4-5-7-16(15)12-18/h9,11,13,15-16H,3-8,10,12H2,1-2H3,(H,24,26)/b23-18-/t15-,16-/m1/s1. The molecular weight excluding hydrogens is 324 g/mol. The smallest absolute Gasteiger partial charge is 0.271 e. The largest absolute Gasteiger partial charge is 0.329 e. The number of amides is 1. The number of benzene rings is 1. The van der Waals surface area contributed by atoms with Gasteiger partial charge in [0.05, 0.1) is 11.0 Å². The van der Waals surface area contributed by atoms with Crippen molar-refractivity contribution in [1.29, 1.82) is 0 Å². The number of carbonyl (C=O) groups excluding carboxylic acids is 1. The van der Waals surface area contributed by atoms with Gasteiger partial charge in [-0.05, 0) is 69.6 Å². The molecule has 26 heavy (non-hydrogen) atoms. The first kappa shape index (κ1) is 17.3. The predicted octanol–water partition coefficient (Wildman–Crippen LogP) is 4.44. The van der Waals surface area contributed by atoms with Crippen molar-refractivity contribution < 1.29 is 4.79 Å². The van der Waals surface area contributed by atoms with Gasteiger partial charge in [-0.3, -0.25) is 4.79 Å². The lowest BCUT2D eigenvalue weighted by molar-refractivity contribution is 0.0954. The molecule has 2 fully saturated rings. The third-order valence-corrected chi connectivity index (χ3v) is 6.20. The lowest BCUT2D eigenvalue weighted by Crippen LogP contribution is -2.29. The molecule has 0 aliphatic heterocycles. The van der Waals surface area contributed by atoms with Crippen LogP contribution in [-0.2, 0) is 6.54 Å². The van der Waals surface area contributed by atoms with Crippen LogP contribution in [0.1, 0.15) is 68.1 Å². The van der Waals surface area contributed by atoms with Gasteiger partial charge in [0.15, 0.2) is 0 Å². The van der Waals surface area contributed by atoms with Crippen molar-refractivity contribution in [3.05, 3.63) is 29.6 Å². The van der Waals surface area contributed by atoms with Gasteiger partial charge >= 0.3 is 0 Å². The monoisotopic (exact) mass is 352 g/mol. The van der Waals surface area contributed by atoms with Crippen molar-refractivity contribution >= 4 is 22.7 Å². The Morgan fingerprint density at radius 3 is 2.88 bits per heavy atom. The SMILES string of the molecule is CCn1c(C)nc2cc(C(=O)N/N=C3/CC[C@H]4CCCC[C@@H]4C3)ccc21. The Labute approximate surface area is 154 Å². The van der Waals surface area contributed by atoms with Gasteiger partial charge in [-0.1, -0.05) is 19.3 Å². The minimum absolute atomic E-state index is 0.145. The van der Waals surface area contributed by atoms with E-state index in [0.717, 1.165) is 53.8 Å². The molecule has 0 unspecified atom stereocenters. The fourth-order valence-electron chi connectivity index (χ4n) is 4.78. The van der Waals surface area contributed by atoms with E-state index in [-0.39, 0.29) is 5.91 Å². The zero-order chi connectivity index (χ0) is 18.1. The summed E-state index contributed by atoms with van der Waals surface area (Å²) < 4.78 is 2.15. The Bertz CT molecular complexity index is 851. The number of hydrazone groups is 1. The Balaban J connectivity index is 1.45. The number of carbonyl (C=O) groups is 1. The minimum atomic E-state index is -0.145. The zero-order valence-corrected chi connectivity index (χ0v) is 15.8. The molecule has 1 N–H and O–H groups in total. The predicted molar refractivity (Wildman–Crippen MR) is 104 cm³/mol. The Hall–Kier alpha value is -2.17. The lowest BCUT2D eigenvalue weighted by Gasteiger charge is -2.35. The van der Waals surface area contributed by atoms with Gasteiger partial charge in [-0.15, -0.1) is 0 Å². The van der Waals surface area contributed by atoms with Gasteiger partial charge in [-0.25, -0.2) is 10.4 Å². The molecule has 1 aromatic carbocycles. The molecule has 5 heteroatoms. The number of aryl methyl sites for hydroxylation is 2. The summed E-state index contributed by atoms with van der Waals surface area (Å²) in [6.45, 7) is 4.98. The normalized spacial score (nSPS) is 24.6. The van der Waals surface area contributed by atoms with Crippen LogP contribution in [-0.4, -0.2) is 21.2 Å². The molecule has 0 spiro atoms. The van der Waals surface area contributed by atoms with Crippen LogP contribution < -0.4 is 5.43 Å². The summed E-state index contributed by atoms with van der Waals surface area (Å²) in [5.41, 5.74) is 6.50. The van der Waals surface area contributed by atoms with E-state index in [2.05, 4.69) is 27.0 Å². The maximum absolute atomic E-state index is 12.5. The van der Waals surface area contributed by atoms with E-state index in [9.17, 15) is 4.79 Å². The second-order valence-corrected chi connectivity index (χ2v) is 7.77. The van der Waals surface area contributed by atoms with Crippen LogP contribution in [0.5, 0.6) is 0 Å². The molecule has 4 rings (SSSR count). The number of hydrogen-bond donors (Lipinski definition) is 1. The fourth-order valence-corrected chi connectivity index (χ4v) is 4.78. The van der Waals surface area contributed by atoms with Gasteiger partial charge in [0.25, 0.3) is 5.91 Å². The van der Waals surface area contributed by atoms with Crippen molar-refractivity contribution in [2.45, 2.75) is 65.3 Å². The van der Waals surface area contributed by atoms with E-state index in [1.54, 1.807) is 0 Å². The molecule has 2 atom stereocenters. The van der Waals surface area contributed by atoms with Gasteiger partial charge < -0.3 is 4.57 Å². The van der Waals surface area contributed by atoms with Gasteiger partial charge in [-0.2, -0.15) is 5.10 Å². The highest BCUT2D eigenvalue weighted by Gasteiger charge is 2.30. The average molecular weight is 352 g/mol. The zero-order valence-electron chi connectivity index (χ0n) is 15.8. The quantitative estimate of drug-likeness (QED) is 0.830. The molecule has 1 amide bonds. The average Bonchev–Trinajstić information content (AvgIpc) is 2.99. The highest BCUT2D eigenvalue weighted by molar-refractivity contribution is 5.98. The molecule has 1 heterocycles. The minimum Gasteiger partial charge on any atom is -0.329 e. The number of nitrogens with zero attached hydrogens (tertiary/aromatic N) is 3. The van der Waals surface area contributed by atoms with E-state index in [1.165, 1.54) is 32.1 Å². The third kappa shape index (κ3) is 3.27. The summed E-state index contributed by atoms with van der Waals surface area (Å²) in [7, 11) is 0. The van der Waals surface area contributed by atoms with Crippen LogP contribution in [0.4, 0.5) is 0 Å². The van der Waals surface area contributed by atoms with E-state index < -0.39 is 0 Å². The highest BCUT2D eigenvalue weighted by Crippen LogP contribution is 2.39. The number of rotatable bonds is 3. The molecule has 2 aromatic rings. The number of fused-ring (bicyclic) bond motifs is 2. The molecule has 2 aliphatic carbocycles. The highest BCUT2D eigenvalue weighted by atomic mass is 16.2. The van der Waals surface area contributed by atoms with Gasteiger partial charge in [0.1, 0.15) is 5.82 Å². The maximum atomic E-state index is 12.5. The molecule has 2 saturated carbocycles. The van der Waals surface area contributed by atoms with Crippen molar-refractivity contribution in [2.24, 2.45) is 16.9 Å². The summed E-state index contributed by atoms with van der Waals surface area (Å²) in [5, 5.41) is 4.46. The first-order valence-electron chi connectivity index (χ1n) is 9.98. The van der Waals surface area contributed by atoms with Crippen molar-refractivity contribution in [2.75, 3.05) is 0 Å². The number of nitrogens with one attached hydrogen (secondary N) is 1. The van der Waals surface area contributed by atoms with Crippen LogP contribution in [0.2, 0.25) is 0 Å². The molecule has 138 valence electrons. The molecule has 0 radical (unpaired) electrons. The van der Waals surface area contributed by atoms with Crippen LogP contribution in [0.15, 0.2) is 23.3 Å². The summed E-state index contributed by atoms with van der Waals surface area (Å²) in [5.74, 6) is 2.50. The molecule has 0 saturated heterocycles. The third-order valence-electron chi connectivity index (χ3n) is 6.20. The van der Waals surface area contributed by atoms with E-state index in [4.69, 9.17) is 0 Å². The second kappa shape index (κ2) is 7.22. The van der Waals surface area contributed by atoms with Gasteiger partial charge in [0.2, 0.25) is 0 Å².